The number of esters is 1. The second-order valence-electron chi connectivity index (χ2n) is 8.55. The molecule has 0 radical (unpaired) electrons. The lowest BCUT2D eigenvalue weighted by Gasteiger charge is -2.13. The molecule has 0 saturated carbocycles. The third-order valence-corrected chi connectivity index (χ3v) is 5.59. The van der Waals surface area contributed by atoms with Gasteiger partial charge in [-0.25, -0.2) is 4.79 Å². The number of nitrogens with zero attached hydrogens (tertiary/aromatic N) is 2. The van der Waals surface area contributed by atoms with Gasteiger partial charge in [-0.15, -0.1) is 10.2 Å². The van der Waals surface area contributed by atoms with E-state index < -0.39 is 23.7 Å². The summed E-state index contributed by atoms with van der Waals surface area (Å²) in [5.41, 5.74) is 6.95. The van der Waals surface area contributed by atoms with Crippen molar-refractivity contribution in [2.24, 2.45) is 0 Å². The number of carbonyl (C=O) groups is 2. The average molecular weight is 551 g/mol. The van der Waals surface area contributed by atoms with Crippen molar-refractivity contribution in [2.75, 3.05) is 28.2 Å². The van der Waals surface area contributed by atoms with Crippen LogP contribution in [0.2, 0.25) is 0 Å². The molecule has 0 aliphatic rings. The number of halogens is 3. The van der Waals surface area contributed by atoms with Crippen LogP contribution in [0.25, 0.3) is 11.3 Å². The van der Waals surface area contributed by atoms with E-state index in [4.69, 9.17) is 10.5 Å². The predicted octanol–water partition coefficient (Wildman–Crippen LogP) is 6.19. The Morgan fingerprint density at radius 2 is 1.60 bits per heavy atom. The maximum Gasteiger partial charge on any atom is 0.416 e. The lowest BCUT2D eigenvalue weighted by Crippen LogP contribution is -2.21. The van der Waals surface area contributed by atoms with Crippen molar-refractivity contribution in [2.45, 2.75) is 19.0 Å². The number of ether oxygens (including phenoxy) is 1. The first-order valence-electron chi connectivity index (χ1n) is 12.2. The molecule has 4 rings (SSSR count). The number of amides is 2. The third kappa shape index (κ3) is 7.69. The molecule has 0 aliphatic carbocycles. The molecule has 1 heterocycles. The molecule has 0 bridgehead atoms. The van der Waals surface area contributed by atoms with Crippen LogP contribution in [-0.2, 0) is 11.0 Å². The van der Waals surface area contributed by atoms with E-state index in [0.717, 1.165) is 17.7 Å². The van der Waals surface area contributed by atoms with Gasteiger partial charge in [-0.3, -0.25) is 10.1 Å². The zero-order chi connectivity index (χ0) is 28.5. The summed E-state index contributed by atoms with van der Waals surface area (Å²) in [5, 5.41) is 16.2. The summed E-state index contributed by atoms with van der Waals surface area (Å²) in [4.78, 5) is 24.9. The number of carbonyl (C=O) groups excluding carboxylic acids is 2. The zero-order valence-electron chi connectivity index (χ0n) is 21.0. The maximum absolute atomic E-state index is 12.8. The molecule has 2 amide bonds. The van der Waals surface area contributed by atoms with Gasteiger partial charge in [0.25, 0.3) is 0 Å². The first kappa shape index (κ1) is 27.9. The van der Waals surface area contributed by atoms with Gasteiger partial charge in [-0.2, -0.15) is 13.2 Å². The highest BCUT2D eigenvalue weighted by atomic mass is 19.4. The van der Waals surface area contributed by atoms with Crippen LogP contribution in [0.3, 0.4) is 0 Å². The second kappa shape index (κ2) is 12.6. The quantitative estimate of drug-likeness (QED) is 0.0846. The van der Waals surface area contributed by atoms with Crippen molar-refractivity contribution in [3.63, 3.8) is 0 Å². The van der Waals surface area contributed by atoms with Gasteiger partial charge in [0.15, 0.2) is 11.6 Å². The molecule has 40 heavy (non-hydrogen) atoms. The van der Waals surface area contributed by atoms with Crippen LogP contribution in [0.15, 0.2) is 84.9 Å². The van der Waals surface area contributed by atoms with E-state index in [0.29, 0.717) is 17.8 Å². The lowest BCUT2D eigenvalue weighted by molar-refractivity contribution is -0.137. The number of nitrogen functional groups attached to an aromatic ring is 1. The van der Waals surface area contributed by atoms with Crippen molar-refractivity contribution in [1.82, 2.24) is 10.2 Å². The Morgan fingerprint density at radius 3 is 2.30 bits per heavy atom. The van der Waals surface area contributed by atoms with Crippen molar-refractivity contribution < 1.29 is 27.5 Å². The third-order valence-electron chi connectivity index (χ3n) is 5.59. The van der Waals surface area contributed by atoms with E-state index >= 15 is 0 Å². The number of aromatic nitrogens is 2. The van der Waals surface area contributed by atoms with Crippen molar-refractivity contribution in [1.29, 1.82) is 0 Å². The van der Waals surface area contributed by atoms with E-state index in [9.17, 15) is 22.8 Å². The summed E-state index contributed by atoms with van der Waals surface area (Å²) in [7, 11) is 0. The Morgan fingerprint density at radius 1 is 0.850 bits per heavy atom. The minimum Gasteiger partial charge on any atom is -0.424 e. The highest BCUT2D eigenvalue weighted by molar-refractivity contribution is 6.00. The summed E-state index contributed by atoms with van der Waals surface area (Å²) in [6.45, 7) is 0.275. The summed E-state index contributed by atoms with van der Waals surface area (Å²) in [5.74, 6) is -0.180. The molecule has 9 nitrogen and oxygen atoms in total. The minimum absolute atomic E-state index is 0.0113. The van der Waals surface area contributed by atoms with E-state index in [1.165, 1.54) is 12.1 Å². The Hall–Kier alpha value is -5.13. The highest BCUT2D eigenvalue weighted by Gasteiger charge is 2.30. The Balaban J connectivity index is 1.25. The molecule has 0 aliphatic heterocycles. The van der Waals surface area contributed by atoms with E-state index in [-0.39, 0.29) is 35.9 Å². The molecule has 0 atom stereocenters. The van der Waals surface area contributed by atoms with Crippen LogP contribution in [0.4, 0.5) is 40.8 Å². The first-order valence-corrected chi connectivity index (χ1v) is 12.2. The van der Waals surface area contributed by atoms with Gasteiger partial charge < -0.3 is 21.1 Å². The summed E-state index contributed by atoms with van der Waals surface area (Å²) in [6, 6.07) is 21.6. The standard InChI is InChI=1S/C28H25F3N6O3/c29-28(30,31)19-12-13-22(20(32)17-19)33-16-6-11-26(38)40-24-10-5-4-9-23(24)34-27(39)35-25-15-14-21(36-37-25)18-7-2-1-3-8-18/h1-5,7-10,12-15,17,33H,6,11,16,32H2,(H2,34,35,37,39). The molecule has 3 aromatic carbocycles. The van der Waals surface area contributed by atoms with Crippen LogP contribution in [-0.4, -0.2) is 28.7 Å². The van der Waals surface area contributed by atoms with Gasteiger partial charge >= 0.3 is 18.2 Å². The molecular weight excluding hydrogens is 525 g/mol. The number of hydrogen-bond donors (Lipinski definition) is 4. The fraction of sp³-hybridized carbons (Fsp3) is 0.143. The van der Waals surface area contributed by atoms with Crippen LogP contribution in [0, 0.1) is 0 Å². The van der Waals surface area contributed by atoms with E-state index in [1.807, 2.05) is 30.3 Å². The summed E-state index contributed by atoms with van der Waals surface area (Å²) >= 11 is 0. The molecule has 206 valence electrons. The summed E-state index contributed by atoms with van der Waals surface area (Å²) < 4.78 is 43.7. The summed E-state index contributed by atoms with van der Waals surface area (Å²) in [6.07, 6.45) is -4.14. The van der Waals surface area contributed by atoms with Gasteiger partial charge in [-0.05, 0) is 48.9 Å². The fourth-order valence-electron chi connectivity index (χ4n) is 3.62. The van der Waals surface area contributed by atoms with Gasteiger partial charge in [0.2, 0.25) is 0 Å². The molecule has 0 unspecified atom stereocenters. The molecule has 0 spiro atoms. The zero-order valence-corrected chi connectivity index (χ0v) is 21.0. The lowest BCUT2D eigenvalue weighted by atomic mass is 10.1. The monoisotopic (exact) mass is 550 g/mol. The number of rotatable bonds is 9. The number of nitrogens with two attached hydrogens (primary N) is 1. The average Bonchev–Trinajstić information content (AvgIpc) is 2.93. The minimum atomic E-state index is -4.48. The number of benzene rings is 3. The fourth-order valence-corrected chi connectivity index (χ4v) is 3.62. The van der Waals surface area contributed by atoms with Gasteiger partial charge in [0.1, 0.15) is 0 Å². The Kier molecular flexibility index (Phi) is 8.79. The van der Waals surface area contributed by atoms with Crippen molar-refractivity contribution >= 4 is 34.9 Å². The number of alkyl halides is 3. The predicted molar refractivity (Wildman–Crippen MR) is 146 cm³/mol. The molecular formula is C28H25F3N6O3. The maximum atomic E-state index is 12.8. The molecule has 0 saturated heterocycles. The number of urea groups is 1. The van der Waals surface area contributed by atoms with Crippen LogP contribution in [0.1, 0.15) is 18.4 Å². The SMILES string of the molecule is Nc1cc(C(F)(F)F)ccc1NCCCC(=O)Oc1ccccc1NC(=O)Nc1ccc(-c2ccccc2)nn1. The molecule has 1 aromatic heterocycles. The topological polar surface area (TPSA) is 131 Å². The Labute approximate surface area is 227 Å². The van der Waals surface area contributed by atoms with Crippen LogP contribution >= 0.6 is 0 Å². The largest absolute Gasteiger partial charge is 0.424 e. The molecule has 5 N–H and O–H groups in total. The second-order valence-corrected chi connectivity index (χ2v) is 8.55. The molecule has 4 aromatic rings. The van der Waals surface area contributed by atoms with Crippen molar-refractivity contribution in [3.8, 4) is 17.0 Å². The van der Waals surface area contributed by atoms with Crippen molar-refractivity contribution in [3.05, 3.63) is 90.5 Å². The van der Waals surface area contributed by atoms with Gasteiger partial charge in [0.05, 0.1) is 28.3 Å². The van der Waals surface area contributed by atoms with Gasteiger partial charge in [0, 0.05) is 18.5 Å². The van der Waals surface area contributed by atoms with Crippen LogP contribution < -0.4 is 26.4 Å². The van der Waals surface area contributed by atoms with E-state index in [2.05, 4.69) is 26.1 Å². The highest BCUT2D eigenvalue weighted by Crippen LogP contribution is 2.33. The smallest absolute Gasteiger partial charge is 0.416 e. The normalized spacial score (nSPS) is 11.0. The Bertz CT molecular complexity index is 1460. The van der Waals surface area contributed by atoms with E-state index in [1.54, 1.807) is 30.3 Å². The number of nitrogens with one attached hydrogen (secondary N) is 3. The molecule has 12 heteroatoms. The first-order chi connectivity index (χ1) is 19.2. The molecule has 0 fully saturated rings. The van der Waals surface area contributed by atoms with Crippen LogP contribution in [0.5, 0.6) is 5.75 Å². The number of para-hydroxylation sites is 2. The number of hydrogen-bond acceptors (Lipinski definition) is 7. The van der Waals surface area contributed by atoms with Gasteiger partial charge in [-0.1, -0.05) is 42.5 Å². The number of anilines is 4.